The lowest BCUT2D eigenvalue weighted by atomic mass is 10.2. The predicted octanol–water partition coefficient (Wildman–Crippen LogP) is 2.39. The molecular weight excluding hydrogens is 258 g/mol. The Balaban J connectivity index is 1.99. The van der Waals surface area contributed by atoms with Crippen LogP contribution in [-0.2, 0) is 4.79 Å². The fourth-order valence-corrected chi connectivity index (χ4v) is 2.47. The lowest BCUT2D eigenvalue weighted by molar-refractivity contribution is -0.119. The van der Waals surface area contributed by atoms with Crippen molar-refractivity contribution in [1.29, 1.82) is 0 Å². The summed E-state index contributed by atoms with van der Waals surface area (Å²) in [5, 5.41) is 5.87. The molecule has 0 aliphatic heterocycles. The van der Waals surface area contributed by atoms with Crippen molar-refractivity contribution in [3.8, 4) is 0 Å². The SMILES string of the molecule is CC(C)CCSCCNC(=O)CNc1ccccn1. The summed E-state index contributed by atoms with van der Waals surface area (Å²) in [4.78, 5) is 15.6. The van der Waals surface area contributed by atoms with Crippen LogP contribution in [0.4, 0.5) is 5.82 Å². The first-order chi connectivity index (χ1) is 9.18. The van der Waals surface area contributed by atoms with Crippen molar-refractivity contribution in [3.05, 3.63) is 24.4 Å². The van der Waals surface area contributed by atoms with Crippen molar-refractivity contribution < 1.29 is 4.79 Å². The highest BCUT2D eigenvalue weighted by Crippen LogP contribution is 2.07. The van der Waals surface area contributed by atoms with Gasteiger partial charge in [0.2, 0.25) is 5.91 Å². The number of hydrogen-bond donors (Lipinski definition) is 2. The minimum absolute atomic E-state index is 0.00936. The van der Waals surface area contributed by atoms with E-state index in [-0.39, 0.29) is 12.5 Å². The van der Waals surface area contributed by atoms with E-state index >= 15 is 0 Å². The predicted molar refractivity (Wildman–Crippen MR) is 82.5 cm³/mol. The lowest BCUT2D eigenvalue weighted by Crippen LogP contribution is -2.31. The standard InChI is InChI=1S/C14H23N3OS/c1-12(2)6-9-19-10-8-16-14(18)11-17-13-5-3-4-7-15-13/h3-5,7,12H,6,8-11H2,1-2H3,(H,15,17)(H,16,18). The Morgan fingerprint density at radius 2 is 2.21 bits per heavy atom. The second kappa shape index (κ2) is 9.67. The summed E-state index contributed by atoms with van der Waals surface area (Å²) in [6.07, 6.45) is 2.94. The van der Waals surface area contributed by atoms with E-state index in [0.717, 1.165) is 24.0 Å². The molecule has 19 heavy (non-hydrogen) atoms. The summed E-state index contributed by atoms with van der Waals surface area (Å²) in [5.41, 5.74) is 0. The Morgan fingerprint density at radius 3 is 2.89 bits per heavy atom. The largest absolute Gasteiger partial charge is 0.361 e. The van der Waals surface area contributed by atoms with Gasteiger partial charge in [-0.25, -0.2) is 4.98 Å². The molecule has 5 heteroatoms. The van der Waals surface area contributed by atoms with E-state index in [2.05, 4.69) is 29.5 Å². The Bertz CT molecular complexity index is 357. The van der Waals surface area contributed by atoms with Crippen molar-refractivity contribution in [2.24, 2.45) is 5.92 Å². The van der Waals surface area contributed by atoms with Crippen molar-refractivity contribution >= 4 is 23.5 Å². The molecule has 1 heterocycles. The maximum Gasteiger partial charge on any atom is 0.239 e. The van der Waals surface area contributed by atoms with Crippen molar-refractivity contribution in [2.45, 2.75) is 20.3 Å². The van der Waals surface area contributed by atoms with Crippen LogP contribution in [0.3, 0.4) is 0 Å². The van der Waals surface area contributed by atoms with Gasteiger partial charge in [-0.3, -0.25) is 4.79 Å². The van der Waals surface area contributed by atoms with Gasteiger partial charge in [0.1, 0.15) is 5.82 Å². The number of pyridine rings is 1. The smallest absolute Gasteiger partial charge is 0.239 e. The number of thioether (sulfide) groups is 1. The highest BCUT2D eigenvalue weighted by atomic mass is 32.2. The molecule has 0 aliphatic rings. The van der Waals surface area contributed by atoms with Crippen LogP contribution in [0, 0.1) is 5.92 Å². The molecule has 0 aromatic carbocycles. The van der Waals surface area contributed by atoms with Crippen LogP contribution in [0.15, 0.2) is 24.4 Å². The van der Waals surface area contributed by atoms with E-state index in [1.165, 1.54) is 12.2 Å². The fourth-order valence-electron chi connectivity index (χ4n) is 1.38. The van der Waals surface area contributed by atoms with E-state index in [9.17, 15) is 4.79 Å². The number of anilines is 1. The van der Waals surface area contributed by atoms with Gasteiger partial charge < -0.3 is 10.6 Å². The van der Waals surface area contributed by atoms with E-state index in [1.807, 2.05) is 30.0 Å². The molecule has 0 bridgehead atoms. The first-order valence-electron chi connectivity index (χ1n) is 6.68. The maximum atomic E-state index is 11.5. The third-order valence-electron chi connectivity index (χ3n) is 2.50. The van der Waals surface area contributed by atoms with E-state index in [1.54, 1.807) is 6.20 Å². The van der Waals surface area contributed by atoms with Gasteiger partial charge in [0.05, 0.1) is 6.54 Å². The molecule has 106 valence electrons. The molecule has 0 spiro atoms. The molecule has 1 aromatic rings. The third-order valence-corrected chi connectivity index (χ3v) is 3.52. The van der Waals surface area contributed by atoms with E-state index in [0.29, 0.717) is 0 Å². The summed E-state index contributed by atoms with van der Waals surface area (Å²) in [5.74, 6) is 3.63. The second-order valence-electron chi connectivity index (χ2n) is 4.71. The Kier molecular flexibility index (Phi) is 8.05. The number of nitrogens with one attached hydrogen (secondary N) is 2. The van der Waals surface area contributed by atoms with Gasteiger partial charge in [-0.2, -0.15) is 11.8 Å². The summed E-state index contributed by atoms with van der Waals surface area (Å²) in [6.45, 7) is 5.45. The minimum atomic E-state index is 0.00936. The zero-order valence-corrected chi connectivity index (χ0v) is 12.5. The van der Waals surface area contributed by atoms with Gasteiger partial charge in [-0.1, -0.05) is 19.9 Å². The van der Waals surface area contributed by atoms with Crippen LogP contribution in [0.1, 0.15) is 20.3 Å². The maximum absolute atomic E-state index is 11.5. The topological polar surface area (TPSA) is 54.0 Å². The number of aromatic nitrogens is 1. The number of amides is 1. The van der Waals surface area contributed by atoms with Crippen LogP contribution in [0.2, 0.25) is 0 Å². The van der Waals surface area contributed by atoms with E-state index in [4.69, 9.17) is 0 Å². The average Bonchev–Trinajstić information content (AvgIpc) is 2.41. The molecule has 0 atom stereocenters. The Labute approximate surface area is 119 Å². The molecule has 0 saturated carbocycles. The van der Waals surface area contributed by atoms with Crippen LogP contribution in [0.5, 0.6) is 0 Å². The molecule has 0 unspecified atom stereocenters. The highest BCUT2D eigenvalue weighted by Gasteiger charge is 2.01. The zero-order chi connectivity index (χ0) is 13.9. The molecule has 2 N–H and O–H groups in total. The van der Waals surface area contributed by atoms with E-state index < -0.39 is 0 Å². The number of nitrogens with zero attached hydrogens (tertiary/aromatic N) is 1. The zero-order valence-electron chi connectivity index (χ0n) is 11.7. The van der Waals surface area contributed by atoms with Gasteiger partial charge >= 0.3 is 0 Å². The summed E-state index contributed by atoms with van der Waals surface area (Å²) >= 11 is 1.89. The first-order valence-corrected chi connectivity index (χ1v) is 7.83. The molecular formula is C14H23N3OS. The molecule has 0 fully saturated rings. The van der Waals surface area contributed by atoms with Gasteiger partial charge in [0, 0.05) is 18.5 Å². The normalized spacial score (nSPS) is 10.5. The van der Waals surface area contributed by atoms with Crippen LogP contribution >= 0.6 is 11.8 Å². The quantitative estimate of drug-likeness (QED) is 0.682. The van der Waals surface area contributed by atoms with Crippen molar-refractivity contribution in [1.82, 2.24) is 10.3 Å². The molecule has 1 amide bonds. The molecule has 4 nitrogen and oxygen atoms in total. The monoisotopic (exact) mass is 281 g/mol. The lowest BCUT2D eigenvalue weighted by Gasteiger charge is -2.07. The van der Waals surface area contributed by atoms with Crippen LogP contribution in [0.25, 0.3) is 0 Å². The second-order valence-corrected chi connectivity index (χ2v) is 5.94. The van der Waals surface area contributed by atoms with Gasteiger partial charge in [-0.05, 0) is 30.2 Å². The number of carbonyl (C=O) groups excluding carboxylic acids is 1. The molecule has 0 saturated heterocycles. The minimum Gasteiger partial charge on any atom is -0.361 e. The number of rotatable bonds is 9. The summed E-state index contributed by atoms with van der Waals surface area (Å²) in [6, 6.07) is 5.58. The third kappa shape index (κ3) is 8.48. The molecule has 0 radical (unpaired) electrons. The average molecular weight is 281 g/mol. The summed E-state index contributed by atoms with van der Waals surface area (Å²) in [7, 11) is 0. The summed E-state index contributed by atoms with van der Waals surface area (Å²) < 4.78 is 0. The van der Waals surface area contributed by atoms with Gasteiger partial charge in [-0.15, -0.1) is 0 Å². The highest BCUT2D eigenvalue weighted by molar-refractivity contribution is 7.99. The fraction of sp³-hybridized carbons (Fsp3) is 0.571. The molecule has 1 aromatic heterocycles. The van der Waals surface area contributed by atoms with Gasteiger partial charge in [0.25, 0.3) is 0 Å². The number of carbonyl (C=O) groups is 1. The van der Waals surface area contributed by atoms with Crippen molar-refractivity contribution in [3.63, 3.8) is 0 Å². The van der Waals surface area contributed by atoms with Crippen molar-refractivity contribution in [2.75, 3.05) is 29.9 Å². The Hall–Kier alpha value is -1.23. The first kappa shape index (κ1) is 15.8. The molecule has 1 rings (SSSR count). The van der Waals surface area contributed by atoms with Crippen LogP contribution < -0.4 is 10.6 Å². The van der Waals surface area contributed by atoms with Gasteiger partial charge in [0.15, 0.2) is 0 Å². The number of hydrogen-bond acceptors (Lipinski definition) is 4. The molecule has 0 aliphatic carbocycles. The Morgan fingerprint density at radius 1 is 1.37 bits per heavy atom. The van der Waals surface area contributed by atoms with Crippen LogP contribution in [-0.4, -0.2) is 35.5 Å².